The molecule has 0 saturated carbocycles. The first-order valence-electron chi connectivity index (χ1n) is 6.94. The van der Waals surface area contributed by atoms with Gasteiger partial charge in [-0.3, -0.25) is 0 Å². The van der Waals surface area contributed by atoms with E-state index in [0.29, 0.717) is 12.3 Å². The van der Waals surface area contributed by atoms with Crippen LogP contribution in [0.5, 0.6) is 0 Å². The number of aromatic nitrogens is 1. The van der Waals surface area contributed by atoms with Crippen LogP contribution in [0.1, 0.15) is 32.2 Å². The third kappa shape index (κ3) is 3.33. The van der Waals surface area contributed by atoms with Gasteiger partial charge in [0.1, 0.15) is 11.5 Å². The zero-order valence-corrected chi connectivity index (χ0v) is 13.4. The smallest absolute Gasteiger partial charge is 0.127 e. The minimum atomic E-state index is -0.363. The first-order chi connectivity index (χ1) is 10.1. The zero-order chi connectivity index (χ0) is 15.4. The molecule has 2 rings (SSSR count). The molecule has 1 atom stereocenters. The molecule has 0 bridgehead atoms. The van der Waals surface area contributed by atoms with Crippen LogP contribution in [-0.2, 0) is 11.2 Å². The van der Waals surface area contributed by atoms with E-state index in [1.165, 1.54) is 0 Å². The maximum Gasteiger partial charge on any atom is 0.127 e. The maximum atomic E-state index is 9.14. The molecule has 0 radical (unpaired) electrons. The van der Waals surface area contributed by atoms with E-state index in [2.05, 4.69) is 10.1 Å². The van der Waals surface area contributed by atoms with Gasteiger partial charge in [-0.1, -0.05) is 5.16 Å². The summed E-state index contributed by atoms with van der Waals surface area (Å²) < 4.78 is 5.91. The number of hydrogen-bond acceptors (Lipinski definition) is 6. The second kappa shape index (κ2) is 6.87. The summed E-state index contributed by atoms with van der Waals surface area (Å²) in [6.07, 6.45) is 3.62. The number of ether oxygens (including phenoxy) is 1. The van der Waals surface area contributed by atoms with Gasteiger partial charge in [-0.15, -0.1) is 11.3 Å². The van der Waals surface area contributed by atoms with Crippen molar-refractivity contribution in [1.82, 2.24) is 4.98 Å². The summed E-state index contributed by atoms with van der Waals surface area (Å²) >= 11 is 1.66. The monoisotopic (exact) mass is 307 g/mol. The van der Waals surface area contributed by atoms with E-state index >= 15 is 0 Å². The van der Waals surface area contributed by atoms with Crippen LogP contribution in [0.4, 0.5) is 0 Å². The normalized spacial score (nSPS) is 21.3. The summed E-state index contributed by atoms with van der Waals surface area (Å²) in [4.78, 5) is 4.25. The van der Waals surface area contributed by atoms with Crippen molar-refractivity contribution in [1.29, 1.82) is 0 Å². The van der Waals surface area contributed by atoms with Crippen LogP contribution in [0.25, 0.3) is 0 Å². The van der Waals surface area contributed by atoms with Gasteiger partial charge in [0.15, 0.2) is 0 Å². The fourth-order valence-corrected chi connectivity index (χ4v) is 3.04. The van der Waals surface area contributed by atoms with Crippen LogP contribution < -0.4 is 5.73 Å². The van der Waals surface area contributed by atoms with Crippen molar-refractivity contribution in [3.63, 3.8) is 0 Å². The molecule has 5 nitrogen and oxygen atoms in total. The third-order valence-corrected chi connectivity index (χ3v) is 4.63. The molecular formula is C15H21N3O2S. The highest BCUT2D eigenvalue weighted by atomic mass is 32.1. The number of nitrogens with two attached hydrogens (primary N) is 1. The summed E-state index contributed by atoms with van der Waals surface area (Å²) in [6, 6.07) is -0.363. The molecule has 0 aliphatic heterocycles. The lowest BCUT2D eigenvalue weighted by Crippen LogP contribution is -2.36. The second-order valence-corrected chi connectivity index (χ2v) is 6.08. The predicted molar refractivity (Wildman–Crippen MR) is 84.7 cm³/mol. The Morgan fingerprint density at radius 1 is 1.38 bits per heavy atom. The minimum Gasteiger partial charge on any atom is -0.493 e. The van der Waals surface area contributed by atoms with Crippen LogP contribution in [0.2, 0.25) is 0 Å². The highest BCUT2D eigenvalue weighted by Crippen LogP contribution is 2.28. The van der Waals surface area contributed by atoms with Gasteiger partial charge >= 0.3 is 0 Å². The van der Waals surface area contributed by atoms with Crippen molar-refractivity contribution in [3.05, 3.63) is 39.1 Å². The number of aryl methyl sites for hydroxylation is 1. The van der Waals surface area contributed by atoms with Gasteiger partial charge in [0, 0.05) is 23.6 Å². The van der Waals surface area contributed by atoms with Crippen LogP contribution >= 0.6 is 11.3 Å². The molecule has 0 amide bonds. The van der Waals surface area contributed by atoms with Crippen LogP contribution in [0.15, 0.2) is 39.2 Å². The van der Waals surface area contributed by atoms with Crippen LogP contribution in [-0.4, -0.2) is 28.6 Å². The molecule has 1 aromatic heterocycles. The van der Waals surface area contributed by atoms with Gasteiger partial charge in [0.2, 0.25) is 0 Å². The Hall–Kier alpha value is -1.66. The van der Waals surface area contributed by atoms with E-state index in [4.69, 9.17) is 15.7 Å². The zero-order valence-electron chi connectivity index (χ0n) is 12.6. The van der Waals surface area contributed by atoms with Crippen molar-refractivity contribution < 1.29 is 9.94 Å². The SMILES string of the molecule is CC1=C(OCCCc2nccs2)C(C)=C(C)C(N)C1=NO. The molecule has 0 fully saturated rings. The standard InChI is InChI=1S/C15H21N3O2S/c1-9-10(2)15(11(3)14(18-19)13(9)16)20-7-4-5-12-17-6-8-21-12/h6,8,13,19H,4-5,7,16H2,1-3H3. The summed E-state index contributed by atoms with van der Waals surface area (Å²) in [7, 11) is 0. The van der Waals surface area contributed by atoms with Gasteiger partial charge in [-0.2, -0.15) is 0 Å². The fraction of sp³-hybridized carbons (Fsp3) is 0.467. The number of rotatable bonds is 5. The van der Waals surface area contributed by atoms with Gasteiger partial charge < -0.3 is 15.7 Å². The second-order valence-electron chi connectivity index (χ2n) is 5.10. The number of hydrogen-bond donors (Lipinski definition) is 2. The summed E-state index contributed by atoms with van der Waals surface area (Å²) in [5.41, 5.74) is 9.34. The number of nitrogens with zero attached hydrogens (tertiary/aromatic N) is 2. The quantitative estimate of drug-likeness (QED) is 0.498. The fourth-order valence-electron chi connectivity index (χ4n) is 2.38. The van der Waals surface area contributed by atoms with Gasteiger partial charge in [-0.25, -0.2) is 4.98 Å². The Labute approximate surface area is 128 Å². The molecule has 1 aromatic rings. The molecular weight excluding hydrogens is 286 g/mol. The molecule has 1 heterocycles. The molecule has 3 N–H and O–H groups in total. The molecule has 6 heteroatoms. The van der Waals surface area contributed by atoms with Gasteiger partial charge in [-0.05, 0) is 38.3 Å². The lowest BCUT2D eigenvalue weighted by atomic mass is 9.87. The van der Waals surface area contributed by atoms with E-state index in [1.807, 2.05) is 32.3 Å². The topological polar surface area (TPSA) is 80.7 Å². The minimum absolute atomic E-state index is 0.363. The predicted octanol–water partition coefficient (Wildman–Crippen LogP) is 2.87. The molecule has 0 aromatic carbocycles. The van der Waals surface area contributed by atoms with Crippen molar-refractivity contribution >= 4 is 17.0 Å². The van der Waals surface area contributed by atoms with Crippen LogP contribution in [0.3, 0.4) is 0 Å². The van der Waals surface area contributed by atoms with Crippen LogP contribution in [0, 0.1) is 0 Å². The average Bonchev–Trinajstić information content (AvgIpc) is 2.98. The Balaban J connectivity index is 2.02. The average molecular weight is 307 g/mol. The van der Waals surface area contributed by atoms with E-state index < -0.39 is 0 Å². The largest absolute Gasteiger partial charge is 0.493 e. The van der Waals surface area contributed by atoms with Gasteiger partial charge in [0.25, 0.3) is 0 Å². The Morgan fingerprint density at radius 2 is 2.14 bits per heavy atom. The van der Waals surface area contributed by atoms with E-state index in [-0.39, 0.29) is 6.04 Å². The molecule has 1 aliphatic rings. The van der Waals surface area contributed by atoms with Crippen molar-refractivity contribution in [3.8, 4) is 0 Å². The molecule has 1 unspecified atom stereocenters. The summed E-state index contributed by atoms with van der Waals surface area (Å²) in [6.45, 7) is 6.41. The molecule has 1 aliphatic carbocycles. The van der Waals surface area contributed by atoms with Crippen molar-refractivity contribution in [2.45, 2.75) is 39.7 Å². The summed E-state index contributed by atoms with van der Waals surface area (Å²) in [5, 5.41) is 15.6. The Morgan fingerprint density at radius 3 is 2.76 bits per heavy atom. The summed E-state index contributed by atoms with van der Waals surface area (Å²) in [5.74, 6) is 0.779. The highest BCUT2D eigenvalue weighted by molar-refractivity contribution is 7.09. The number of thiazole rings is 1. The van der Waals surface area contributed by atoms with E-state index in [1.54, 1.807) is 11.3 Å². The third-order valence-electron chi connectivity index (χ3n) is 3.79. The first-order valence-corrected chi connectivity index (χ1v) is 7.82. The number of oxime groups is 1. The highest BCUT2D eigenvalue weighted by Gasteiger charge is 2.27. The van der Waals surface area contributed by atoms with Gasteiger partial charge in [0.05, 0.1) is 17.7 Å². The lowest BCUT2D eigenvalue weighted by molar-refractivity contribution is 0.212. The first kappa shape index (κ1) is 15.7. The lowest BCUT2D eigenvalue weighted by Gasteiger charge is -2.26. The Bertz CT molecular complexity index is 586. The van der Waals surface area contributed by atoms with E-state index in [0.717, 1.165) is 40.3 Å². The van der Waals surface area contributed by atoms with E-state index in [9.17, 15) is 0 Å². The van der Waals surface area contributed by atoms with Crippen molar-refractivity contribution in [2.75, 3.05) is 6.61 Å². The number of allylic oxidation sites excluding steroid dienone is 1. The Kier molecular flexibility index (Phi) is 5.14. The maximum absolute atomic E-state index is 9.14. The molecule has 0 saturated heterocycles. The molecule has 114 valence electrons. The molecule has 21 heavy (non-hydrogen) atoms. The molecule has 0 spiro atoms. The van der Waals surface area contributed by atoms with Crippen molar-refractivity contribution in [2.24, 2.45) is 10.9 Å².